The number of aliphatic hydroxyl groups is 1. The summed E-state index contributed by atoms with van der Waals surface area (Å²) in [6.07, 6.45) is 3.03. The van der Waals surface area contributed by atoms with Crippen molar-refractivity contribution in [1.29, 1.82) is 0 Å². The molecule has 3 nitrogen and oxygen atoms in total. The molecule has 0 amide bonds. The molecule has 2 atom stereocenters. The molecule has 0 aromatic rings. The molecular formula is C12H27NO2. The second-order valence-corrected chi connectivity index (χ2v) is 4.98. The van der Waals surface area contributed by atoms with Crippen LogP contribution in [0.15, 0.2) is 0 Å². The Bertz CT molecular complexity index is 158. The van der Waals surface area contributed by atoms with E-state index in [9.17, 15) is 5.11 Å². The Morgan fingerprint density at radius 3 is 2.33 bits per heavy atom. The van der Waals surface area contributed by atoms with Crippen molar-refractivity contribution in [2.24, 2.45) is 11.7 Å². The Hall–Kier alpha value is -0.120. The van der Waals surface area contributed by atoms with Crippen LogP contribution in [0.1, 0.15) is 47.0 Å². The van der Waals surface area contributed by atoms with Gasteiger partial charge in [0.05, 0.1) is 11.7 Å². The molecule has 0 heterocycles. The van der Waals surface area contributed by atoms with Crippen molar-refractivity contribution >= 4 is 0 Å². The average Bonchev–Trinajstić information content (AvgIpc) is 2.16. The van der Waals surface area contributed by atoms with E-state index in [4.69, 9.17) is 10.5 Å². The molecule has 0 aromatic carbocycles. The van der Waals surface area contributed by atoms with Crippen LogP contribution in [-0.4, -0.2) is 30.0 Å². The van der Waals surface area contributed by atoms with Gasteiger partial charge in [0.2, 0.25) is 0 Å². The molecule has 0 radical (unpaired) electrons. The second-order valence-electron chi connectivity index (χ2n) is 4.98. The fraction of sp³-hybridized carbons (Fsp3) is 1.00. The first-order valence-corrected chi connectivity index (χ1v) is 5.93. The van der Waals surface area contributed by atoms with Crippen molar-refractivity contribution in [3.8, 4) is 0 Å². The Morgan fingerprint density at radius 2 is 1.87 bits per heavy atom. The van der Waals surface area contributed by atoms with Gasteiger partial charge in [-0.15, -0.1) is 0 Å². The number of hydrogen-bond acceptors (Lipinski definition) is 3. The van der Waals surface area contributed by atoms with Crippen molar-refractivity contribution in [1.82, 2.24) is 0 Å². The summed E-state index contributed by atoms with van der Waals surface area (Å²) in [5.74, 6) is 0.567. The van der Waals surface area contributed by atoms with E-state index in [1.165, 1.54) is 0 Å². The fourth-order valence-electron chi connectivity index (χ4n) is 1.17. The first-order valence-electron chi connectivity index (χ1n) is 5.93. The fourth-order valence-corrected chi connectivity index (χ4v) is 1.17. The zero-order valence-electron chi connectivity index (χ0n) is 10.6. The minimum absolute atomic E-state index is 0.319. The summed E-state index contributed by atoms with van der Waals surface area (Å²) in [5, 5.41) is 9.65. The molecule has 3 heteroatoms. The van der Waals surface area contributed by atoms with E-state index >= 15 is 0 Å². The molecule has 2 unspecified atom stereocenters. The first-order chi connectivity index (χ1) is 6.89. The maximum Gasteiger partial charge on any atom is 0.0741 e. The molecule has 92 valence electrons. The van der Waals surface area contributed by atoms with Crippen LogP contribution in [0, 0.1) is 5.92 Å². The van der Waals surface area contributed by atoms with Crippen LogP contribution in [0.2, 0.25) is 0 Å². The molecule has 0 aliphatic carbocycles. The second kappa shape index (κ2) is 7.20. The highest BCUT2D eigenvalue weighted by molar-refractivity contribution is 4.72. The van der Waals surface area contributed by atoms with Gasteiger partial charge in [0.25, 0.3) is 0 Å². The molecule has 0 rings (SSSR count). The minimum Gasteiger partial charge on any atom is -0.389 e. The lowest BCUT2D eigenvalue weighted by Crippen LogP contribution is -2.33. The van der Waals surface area contributed by atoms with Gasteiger partial charge in [-0.2, -0.15) is 0 Å². The molecule has 0 aliphatic heterocycles. The van der Waals surface area contributed by atoms with E-state index in [2.05, 4.69) is 20.8 Å². The molecule has 0 saturated carbocycles. The topological polar surface area (TPSA) is 55.5 Å². The zero-order chi connectivity index (χ0) is 11.9. The summed E-state index contributed by atoms with van der Waals surface area (Å²) in [5.41, 5.74) is 4.72. The molecule has 0 fully saturated rings. The van der Waals surface area contributed by atoms with E-state index in [0.29, 0.717) is 18.6 Å². The largest absolute Gasteiger partial charge is 0.389 e. The van der Waals surface area contributed by atoms with Crippen molar-refractivity contribution in [2.75, 3.05) is 13.2 Å². The highest BCUT2D eigenvalue weighted by atomic mass is 16.5. The standard InChI is InChI=1S/C12H27NO2/c1-10(2)11(3)15-8-6-5-7-12(4,14)9-13/h10-11,14H,5-9,13H2,1-4H3. The monoisotopic (exact) mass is 217 g/mol. The minimum atomic E-state index is -0.705. The normalized spacial score (nSPS) is 17.8. The smallest absolute Gasteiger partial charge is 0.0741 e. The van der Waals surface area contributed by atoms with Gasteiger partial charge in [-0.25, -0.2) is 0 Å². The number of hydrogen-bond donors (Lipinski definition) is 2. The Kier molecular flexibility index (Phi) is 7.14. The number of unbranched alkanes of at least 4 members (excludes halogenated alkanes) is 1. The van der Waals surface area contributed by atoms with Gasteiger partial charge >= 0.3 is 0 Å². The molecule has 0 aliphatic rings. The lowest BCUT2D eigenvalue weighted by molar-refractivity contribution is 0.0249. The van der Waals surface area contributed by atoms with Gasteiger partial charge < -0.3 is 15.6 Å². The summed E-state index contributed by atoms with van der Waals surface area (Å²) in [6.45, 7) is 9.30. The predicted octanol–water partition coefficient (Wildman–Crippen LogP) is 1.93. The Morgan fingerprint density at radius 1 is 1.27 bits per heavy atom. The van der Waals surface area contributed by atoms with Crippen LogP contribution in [0.5, 0.6) is 0 Å². The number of ether oxygens (including phenoxy) is 1. The predicted molar refractivity (Wildman–Crippen MR) is 63.8 cm³/mol. The molecule has 0 saturated heterocycles. The summed E-state index contributed by atoms with van der Waals surface area (Å²) in [6, 6.07) is 0. The van der Waals surface area contributed by atoms with Crippen LogP contribution in [0.3, 0.4) is 0 Å². The van der Waals surface area contributed by atoms with Crippen LogP contribution in [-0.2, 0) is 4.74 Å². The summed E-state index contributed by atoms with van der Waals surface area (Å²) in [4.78, 5) is 0. The van der Waals surface area contributed by atoms with E-state index in [0.717, 1.165) is 25.9 Å². The van der Waals surface area contributed by atoms with Gasteiger partial charge in [-0.3, -0.25) is 0 Å². The third-order valence-electron chi connectivity index (χ3n) is 2.87. The van der Waals surface area contributed by atoms with Crippen LogP contribution >= 0.6 is 0 Å². The third kappa shape index (κ3) is 7.77. The first kappa shape index (κ1) is 14.9. The number of nitrogens with two attached hydrogens (primary N) is 1. The van der Waals surface area contributed by atoms with Crippen molar-refractivity contribution in [3.05, 3.63) is 0 Å². The number of rotatable bonds is 8. The molecule has 0 spiro atoms. The van der Waals surface area contributed by atoms with Gasteiger partial charge in [0, 0.05) is 13.2 Å². The van der Waals surface area contributed by atoms with E-state index in [1.54, 1.807) is 6.92 Å². The zero-order valence-corrected chi connectivity index (χ0v) is 10.6. The van der Waals surface area contributed by atoms with E-state index in [-0.39, 0.29) is 0 Å². The van der Waals surface area contributed by atoms with Crippen LogP contribution in [0.4, 0.5) is 0 Å². The van der Waals surface area contributed by atoms with Gasteiger partial charge in [-0.1, -0.05) is 13.8 Å². The van der Waals surface area contributed by atoms with Crippen LogP contribution < -0.4 is 5.73 Å². The third-order valence-corrected chi connectivity index (χ3v) is 2.87. The van der Waals surface area contributed by atoms with Crippen molar-refractivity contribution in [3.63, 3.8) is 0 Å². The van der Waals surface area contributed by atoms with Crippen molar-refractivity contribution in [2.45, 2.75) is 58.7 Å². The summed E-state index contributed by atoms with van der Waals surface area (Å²) in [7, 11) is 0. The molecule has 0 aromatic heterocycles. The summed E-state index contributed by atoms with van der Waals surface area (Å²) < 4.78 is 5.64. The Labute approximate surface area is 94.0 Å². The molecular weight excluding hydrogens is 190 g/mol. The van der Waals surface area contributed by atoms with Gasteiger partial charge in [0.15, 0.2) is 0 Å². The van der Waals surface area contributed by atoms with Crippen molar-refractivity contribution < 1.29 is 9.84 Å². The van der Waals surface area contributed by atoms with Crippen LogP contribution in [0.25, 0.3) is 0 Å². The maximum absolute atomic E-state index is 9.65. The molecule has 15 heavy (non-hydrogen) atoms. The summed E-state index contributed by atoms with van der Waals surface area (Å²) >= 11 is 0. The van der Waals surface area contributed by atoms with Gasteiger partial charge in [0.1, 0.15) is 0 Å². The lowest BCUT2D eigenvalue weighted by atomic mass is 9.99. The highest BCUT2D eigenvalue weighted by Crippen LogP contribution is 2.12. The van der Waals surface area contributed by atoms with E-state index in [1.807, 2.05) is 0 Å². The SMILES string of the molecule is CC(C)C(C)OCCCCC(C)(O)CN. The van der Waals surface area contributed by atoms with Gasteiger partial charge in [-0.05, 0) is 39.0 Å². The maximum atomic E-state index is 9.65. The van der Waals surface area contributed by atoms with E-state index < -0.39 is 5.60 Å². The quantitative estimate of drug-likeness (QED) is 0.611. The highest BCUT2D eigenvalue weighted by Gasteiger charge is 2.16. The molecule has 3 N–H and O–H groups in total. The lowest BCUT2D eigenvalue weighted by Gasteiger charge is -2.21. The average molecular weight is 217 g/mol. The Balaban J connectivity index is 3.40. The molecule has 0 bridgehead atoms.